The number of hydrogen-bond acceptors (Lipinski definition) is 2. The molecular weight excluding hydrogens is 232 g/mol. The topological polar surface area (TPSA) is 52.2 Å². The summed E-state index contributed by atoms with van der Waals surface area (Å²) in [5.41, 5.74) is 0. The molecule has 1 saturated heterocycles. The summed E-state index contributed by atoms with van der Waals surface area (Å²) in [5, 5.41) is 0. The van der Waals surface area contributed by atoms with Crippen LogP contribution in [0.1, 0.15) is 6.92 Å². The molecule has 1 N–H and O–H groups in total. The lowest BCUT2D eigenvalue weighted by Gasteiger charge is -2.21. The average molecular weight is 237 g/mol. The number of halogens is 3. The Labute approximate surface area is 81.7 Å². The molecule has 1 heterocycles. The van der Waals surface area contributed by atoms with E-state index in [2.05, 4.69) is 0 Å². The fourth-order valence-electron chi connectivity index (χ4n) is 0.563. The van der Waals surface area contributed by atoms with Crippen molar-refractivity contribution in [3.63, 3.8) is 0 Å². The summed E-state index contributed by atoms with van der Waals surface area (Å²) in [7, 11) is 0. The van der Waals surface area contributed by atoms with Crippen LogP contribution in [0.2, 0.25) is 0 Å². The number of rotatable bonds is 0. The monoisotopic (exact) mass is 235 g/mol. The number of alkyl halides is 3. The van der Waals surface area contributed by atoms with E-state index < -0.39 is 25.8 Å². The van der Waals surface area contributed by atoms with Crippen LogP contribution in [0.4, 0.5) is 0 Å². The van der Waals surface area contributed by atoms with Crippen LogP contribution in [0.5, 0.6) is 0 Å². The molecule has 2 unspecified atom stereocenters. The lowest BCUT2D eigenvalue weighted by Crippen LogP contribution is -2.41. The predicted molar refractivity (Wildman–Crippen MR) is 45.0 cm³/mol. The number of amides is 1. The van der Waals surface area contributed by atoms with Gasteiger partial charge in [-0.3, -0.25) is 4.79 Å². The minimum absolute atomic E-state index is 0.725. The molecule has 0 saturated carbocycles. The number of nitrogens with one attached hydrogen (secondary N) is 1. The van der Waals surface area contributed by atoms with E-state index in [9.17, 15) is 9.35 Å². The van der Waals surface area contributed by atoms with Crippen molar-refractivity contribution in [1.29, 1.82) is 0 Å². The van der Waals surface area contributed by atoms with Gasteiger partial charge in [-0.05, 0) is 0 Å². The average Bonchev–Trinajstić information content (AvgIpc) is 1.95. The van der Waals surface area contributed by atoms with Gasteiger partial charge in [0.05, 0.1) is 11.4 Å². The molecule has 0 spiro atoms. The van der Waals surface area contributed by atoms with Crippen LogP contribution < -0.4 is 4.72 Å². The van der Waals surface area contributed by atoms with Crippen LogP contribution in [0.15, 0.2) is 0 Å². The van der Waals surface area contributed by atoms with E-state index in [1.165, 1.54) is 6.92 Å². The van der Waals surface area contributed by atoms with Crippen molar-refractivity contribution in [2.45, 2.75) is 15.5 Å². The third-order valence-corrected chi connectivity index (χ3v) is 4.97. The molecule has 0 aromatic carbocycles. The second-order valence-electron chi connectivity index (χ2n) is 2.19. The summed E-state index contributed by atoms with van der Waals surface area (Å²) in [6.45, 7) is 1.34. The molecule has 0 bridgehead atoms. The van der Waals surface area contributed by atoms with Crippen molar-refractivity contribution in [2.75, 3.05) is 0 Å². The molecule has 0 aromatic rings. The maximum Gasteiger partial charge on any atom is 0.304 e. The van der Waals surface area contributed by atoms with Gasteiger partial charge in [0.2, 0.25) is 0 Å². The SMILES string of the molecule is CC1(Cl)[S+]([O-])NC(=O)C1(Cl)Cl. The normalized spacial score (nSPS) is 42.3. The molecule has 64 valence electrons. The Morgan fingerprint density at radius 2 is 2.00 bits per heavy atom. The molecule has 2 atom stereocenters. The first-order valence-corrected chi connectivity index (χ1v) is 4.88. The minimum atomic E-state index is -1.82. The van der Waals surface area contributed by atoms with Crippen LogP contribution in [0, 0.1) is 0 Å². The number of hydrogen-bond donors (Lipinski definition) is 1. The number of carbonyl (C=O) groups is 1. The van der Waals surface area contributed by atoms with E-state index in [-0.39, 0.29) is 0 Å². The third kappa shape index (κ3) is 1.21. The van der Waals surface area contributed by atoms with Gasteiger partial charge in [-0.25, -0.2) is 0 Å². The van der Waals surface area contributed by atoms with Crippen molar-refractivity contribution in [3.05, 3.63) is 0 Å². The van der Waals surface area contributed by atoms with E-state index in [0.29, 0.717) is 0 Å². The van der Waals surface area contributed by atoms with Crippen molar-refractivity contribution >= 4 is 52.1 Å². The van der Waals surface area contributed by atoms with E-state index in [4.69, 9.17) is 34.8 Å². The fourth-order valence-corrected chi connectivity index (χ4v) is 2.23. The highest BCUT2D eigenvalue weighted by Gasteiger charge is 2.67. The van der Waals surface area contributed by atoms with E-state index in [0.717, 1.165) is 0 Å². The minimum Gasteiger partial charge on any atom is -0.591 e. The molecule has 11 heavy (non-hydrogen) atoms. The highest BCUT2D eigenvalue weighted by Crippen LogP contribution is 2.46. The third-order valence-electron chi connectivity index (χ3n) is 1.38. The molecular formula is C4H4Cl3NO2S. The first-order valence-electron chi connectivity index (χ1n) is 2.60. The van der Waals surface area contributed by atoms with Gasteiger partial charge in [0.15, 0.2) is 0 Å². The van der Waals surface area contributed by atoms with Gasteiger partial charge >= 0.3 is 5.91 Å². The second kappa shape index (κ2) is 2.57. The van der Waals surface area contributed by atoms with Crippen LogP contribution in [0.25, 0.3) is 0 Å². The molecule has 1 aliphatic heterocycles. The van der Waals surface area contributed by atoms with E-state index >= 15 is 0 Å². The standard InChI is InChI=1S/C4H4Cl3NO2S/c1-3(5)4(6,7)2(9)8-11(3)10/h1H3,(H,8,9). The lowest BCUT2D eigenvalue weighted by molar-refractivity contribution is -0.119. The zero-order valence-corrected chi connectivity index (χ0v) is 8.44. The Bertz CT molecular complexity index is 208. The first-order chi connectivity index (χ1) is 4.80. The van der Waals surface area contributed by atoms with Crippen LogP contribution in [-0.4, -0.2) is 19.0 Å². The van der Waals surface area contributed by atoms with Gasteiger partial charge in [0.1, 0.15) is 0 Å². The quantitative estimate of drug-likeness (QED) is 0.502. The smallest absolute Gasteiger partial charge is 0.304 e. The van der Waals surface area contributed by atoms with Crippen LogP contribution >= 0.6 is 34.8 Å². The second-order valence-corrected chi connectivity index (χ2v) is 6.06. The summed E-state index contributed by atoms with van der Waals surface area (Å²) < 4.78 is 9.75. The molecule has 3 nitrogen and oxygen atoms in total. The molecule has 1 aliphatic rings. The first kappa shape index (κ1) is 9.74. The summed E-state index contributed by atoms with van der Waals surface area (Å²) in [5.74, 6) is -0.725. The van der Waals surface area contributed by atoms with Gasteiger partial charge in [-0.1, -0.05) is 34.8 Å². The Morgan fingerprint density at radius 1 is 1.55 bits per heavy atom. The van der Waals surface area contributed by atoms with Gasteiger partial charge in [0, 0.05) is 6.92 Å². The van der Waals surface area contributed by atoms with E-state index in [1.807, 2.05) is 4.72 Å². The zero-order chi connectivity index (χ0) is 8.86. The molecule has 0 radical (unpaired) electrons. The maximum absolute atomic E-state index is 11.0. The summed E-state index contributed by atoms with van der Waals surface area (Å²) in [6.07, 6.45) is 0. The molecule has 1 rings (SSSR count). The number of carbonyl (C=O) groups excluding carboxylic acids is 1. The van der Waals surface area contributed by atoms with Crippen molar-refractivity contribution in [3.8, 4) is 0 Å². The van der Waals surface area contributed by atoms with Gasteiger partial charge in [0.25, 0.3) is 8.54 Å². The largest absolute Gasteiger partial charge is 0.591 e. The van der Waals surface area contributed by atoms with Gasteiger partial charge < -0.3 is 4.55 Å². The molecule has 0 aliphatic carbocycles. The van der Waals surface area contributed by atoms with Crippen molar-refractivity contribution in [2.24, 2.45) is 0 Å². The van der Waals surface area contributed by atoms with E-state index in [1.54, 1.807) is 0 Å². The Hall–Kier alpha value is 0.650. The zero-order valence-electron chi connectivity index (χ0n) is 5.36. The van der Waals surface area contributed by atoms with Crippen molar-refractivity contribution in [1.82, 2.24) is 4.72 Å². The molecule has 1 amide bonds. The lowest BCUT2D eigenvalue weighted by atomic mass is 10.3. The fraction of sp³-hybridized carbons (Fsp3) is 0.750. The highest BCUT2D eigenvalue weighted by atomic mass is 35.5. The maximum atomic E-state index is 11.0. The molecule has 0 aromatic heterocycles. The molecule has 1 fully saturated rings. The predicted octanol–water partition coefficient (Wildman–Crippen LogP) is 0.909. The van der Waals surface area contributed by atoms with Crippen LogP contribution in [-0.2, 0) is 16.2 Å². The summed E-state index contributed by atoms with van der Waals surface area (Å²) >= 11 is 15.0. The van der Waals surface area contributed by atoms with Gasteiger partial charge in [-0.15, -0.1) is 0 Å². The Morgan fingerprint density at radius 3 is 2.09 bits per heavy atom. The Kier molecular flexibility index (Phi) is 2.27. The summed E-state index contributed by atoms with van der Waals surface area (Å²) in [6, 6.07) is 0. The van der Waals surface area contributed by atoms with Gasteiger partial charge in [-0.2, -0.15) is 4.72 Å². The molecule has 7 heteroatoms. The van der Waals surface area contributed by atoms with Crippen molar-refractivity contribution < 1.29 is 9.35 Å². The van der Waals surface area contributed by atoms with Crippen LogP contribution in [0.3, 0.4) is 0 Å². The highest BCUT2D eigenvalue weighted by molar-refractivity contribution is 7.93. The Balaban J connectivity index is 3.04. The summed E-state index contributed by atoms with van der Waals surface area (Å²) in [4.78, 5) is 10.9.